The average Bonchev–Trinajstić information content (AvgIpc) is 2.83. The van der Waals surface area contributed by atoms with Gasteiger partial charge >= 0.3 is 0 Å². The Bertz CT molecular complexity index is 455. The van der Waals surface area contributed by atoms with Gasteiger partial charge < -0.3 is 5.11 Å². The lowest BCUT2D eigenvalue weighted by atomic mass is 10.2. The molecule has 0 radical (unpaired) electrons. The lowest BCUT2D eigenvalue weighted by Gasteiger charge is -2.04. The van der Waals surface area contributed by atoms with Gasteiger partial charge in [0.15, 0.2) is 5.82 Å². The summed E-state index contributed by atoms with van der Waals surface area (Å²) in [7, 11) is 0. The second-order valence-electron chi connectivity index (χ2n) is 4.27. The molecule has 2 rings (SSSR count). The molecule has 96 valence electrons. The molecular weight excluding hydrogens is 228 g/mol. The van der Waals surface area contributed by atoms with E-state index in [1.54, 1.807) is 0 Å². The summed E-state index contributed by atoms with van der Waals surface area (Å²) in [5.41, 5.74) is 1.20. The number of unbranched alkanes of at least 4 members (excludes halogenated alkanes) is 2. The van der Waals surface area contributed by atoms with Crippen LogP contribution in [0.4, 0.5) is 0 Å². The van der Waals surface area contributed by atoms with Crippen molar-refractivity contribution in [1.82, 2.24) is 20.2 Å². The maximum atomic E-state index is 8.73. The van der Waals surface area contributed by atoms with Gasteiger partial charge in [-0.2, -0.15) is 0 Å². The number of nitrogens with zero attached hydrogens (tertiary/aromatic N) is 4. The fraction of sp³-hybridized carbons (Fsp3) is 0.462. The predicted molar refractivity (Wildman–Crippen MR) is 68.0 cm³/mol. The highest BCUT2D eigenvalue weighted by molar-refractivity contribution is 5.14. The Morgan fingerprint density at radius 3 is 2.67 bits per heavy atom. The number of aliphatic hydroxyl groups is 1. The monoisotopic (exact) mass is 246 g/mol. The zero-order valence-electron chi connectivity index (χ0n) is 10.4. The summed E-state index contributed by atoms with van der Waals surface area (Å²) < 4.78 is 1.84. The first kappa shape index (κ1) is 12.7. The van der Waals surface area contributed by atoms with Crippen molar-refractivity contribution >= 4 is 0 Å². The first-order valence-electron chi connectivity index (χ1n) is 6.30. The molecule has 1 aromatic carbocycles. The van der Waals surface area contributed by atoms with E-state index in [-0.39, 0.29) is 6.61 Å². The van der Waals surface area contributed by atoms with E-state index in [1.807, 2.05) is 22.9 Å². The van der Waals surface area contributed by atoms with E-state index in [1.165, 1.54) is 5.56 Å². The fourth-order valence-corrected chi connectivity index (χ4v) is 1.85. The average molecular weight is 246 g/mol. The van der Waals surface area contributed by atoms with Gasteiger partial charge in [-0.15, -0.1) is 5.10 Å². The van der Waals surface area contributed by atoms with E-state index in [2.05, 4.69) is 27.7 Å². The molecule has 1 N–H and O–H groups in total. The Balaban J connectivity index is 1.91. The first-order valence-corrected chi connectivity index (χ1v) is 6.30. The molecule has 5 heteroatoms. The van der Waals surface area contributed by atoms with Gasteiger partial charge in [0.25, 0.3) is 0 Å². The highest BCUT2D eigenvalue weighted by Crippen LogP contribution is 2.06. The summed E-state index contributed by atoms with van der Waals surface area (Å²) in [6, 6.07) is 10.2. The van der Waals surface area contributed by atoms with Crippen LogP contribution in [0.25, 0.3) is 0 Å². The minimum absolute atomic E-state index is 0.259. The van der Waals surface area contributed by atoms with Crippen molar-refractivity contribution in [2.24, 2.45) is 0 Å². The number of tetrazole rings is 1. The highest BCUT2D eigenvalue weighted by Gasteiger charge is 2.05. The first-order chi connectivity index (χ1) is 8.90. The van der Waals surface area contributed by atoms with Crippen LogP contribution < -0.4 is 0 Å². The van der Waals surface area contributed by atoms with Crippen molar-refractivity contribution in [3.05, 3.63) is 41.7 Å². The predicted octanol–water partition coefficient (Wildman–Crippen LogP) is 1.43. The Morgan fingerprint density at radius 2 is 1.89 bits per heavy atom. The smallest absolute Gasteiger partial charge is 0.151 e. The molecule has 1 heterocycles. The number of aliphatic hydroxyl groups excluding tert-OH is 1. The minimum atomic E-state index is 0.259. The summed E-state index contributed by atoms with van der Waals surface area (Å²) in [6.07, 6.45) is 3.73. The van der Waals surface area contributed by atoms with E-state index in [9.17, 15) is 0 Å². The Hall–Kier alpha value is -1.75. The van der Waals surface area contributed by atoms with Crippen molar-refractivity contribution in [2.45, 2.75) is 32.2 Å². The maximum Gasteiger partial charge on any atom is 0.151 e. The number of aromatic nitrogens is 4. The largest absolute Gasteiger partial charge is 0.396 e. The van der Waals surface area contributed by atoms with Crippen molar-refractivity contribution in [3.8, 4) is 0 Å². The van der Waals surface area contributed by atoms with E-state index < -0.39 is 0 Å². The molecule has 0 aliphatic rings. The number of hydrogen-bond donors (Lipinski definition) is 1. The Morgan fingerprint density at radius 1 is 1.06 bits per heavy atom. The molecule has 2 aromatic rings. The summed E-state index contributed by atoms with van der Waals surface area (Å²) in [4.78, 5) is 0. The maximum absolute atomic E-state index is 8.73. The van der Waals surface area contributed by atoms with Crippen LogP contribution >= 0.6 is 0 Å². The van der Waals surface area contributed by atoms with E-state index in [0.717, 1.165) is 31.5 Å². The van der Waals surface area contributed by atoms with E-state index in [0.29, 0.717) is 6.54 Å². The van der Waals surface area contributed by atoms with Gasteiger partial charge in [0, 0.05) is 13.0 Å². The third-order valence-electron chi connectivity index (χ3n) is 2.84. The van der Waals surface area contributed by atoms with Gasteiger partial charge in [0.2, 0.25) is 0 Å². The molecule has 0 atom stereocenters. The van der Waals surface area contributed by atoms with Crippen LogP contribution in [0.3, 0.4) is 0 Å². The molecule has 1 aromatic heterocycles. The summed E-state index contributed by atoms with van der Waals surface area (Å²) >= 11 is 0. The molecule has 18 heavy (non-hydrogen) atoms. The van der Waals surface area contributed by atoms with Crippen molar-refractivity contribution < 1.29 is 5.11 Å². The van der Waals surface area contributed by atoms with Gasteiger partial charge in [0.1, 0.15) is 0 Å². The number of rotatable bonds is 7. The third-order valence-corrected chi connectivity index (χ3v) is 2.84. The van der Waals surface area contributed by atoms with Crippen LogP contribution in [-0.4, -0.2) is 31.9 Å². The number of aryl methyl sites for hydroxylation is 1. The Labute approximate surface area is 106 Å². The van der Waals surface area contributed by atoms with Crippen molar-refractivity contribution in [2.75, 3.05) is 6.61 Å². The topological polar surface area (TPSA) is 63.8 Å². The van der Waals surface area contributed by atoms with Crippen LogP contribution in [0, 0.1) is 0 Å². The Kier molecular flexibility index (Phi) is 4.84. The standard InChI is InChI=1S/C13H18N4O/c18-10-6-2-5-9-13-14-15-16-17(13)11-12-7-3-1-4-8-12/h1,3-4,7-8,18H,2,5-6,9-11H2. The van der Waals surface area contributed by atoms with Gasteiger partial charge in [0.05, 0.1) is 6.54 Å². The van der Waals surface area contributed by atoms with Crippen molar-refractivity contribution in [1.29, 1.82) is 0 Å². The molecule has 0 aliphatic carbocycles. The van der Waals surface area contributed by atoms with Crippen LogP contribution in [0.2, 0.25) is 0 Å². The van der Waals surface area contributed by atoms with Gasteiger partial charge in [-0.1, -0.05) is 36.8 Å². The molecule has 0 fully saturated rings. The molecule has 0 bridgehead atoms. The van der Waals surface area contributed by atoms with Gasteiger partial charge in [-0.25, -0.2) is 4.68 Å². The molecule has 5 nitrogen and oxygen atoms in total. The zero-order valence-corrected chi connectivity index (χ0v) is 10.4. The fourth-order valence-electron chi connectivity index (χ4n) is 1.85. The molecule has 0 aliphatic heterocycles. The van der Waals surface area contributed by atoms with Crippen LogP contribution in [0.5, 0.6) is 0 Å². The molecular formula is C13H18N4O. The van der Waals surface area contributed by atoms with Crippen LogP contribution in [0.15, 0.2) is 30.3 Å². The highest BCUT2D eigenvalue weighted by atomic mass is 16.2. The van der Waals surface area contributed by atoms with E-state index in [4.69, 9.17) is 5.11 Å². The lowest BCUT2D eigenvalue weighted by molar-refractivity contribution is 0.283. The third kappa shape index (κ3) is 3.63. The summed E-state index contributed by atoms with van der Waals surface area (Å²) in [5, 5.41) is 20.5. The minimum Gasteiger partial charge on any atom is -0.396 e. The summed E-state index contributed by atoms with van der Waals surface area (Å²) in [6.45, 7) is 0.970. The van der Waals surface area contributed by atoms with Crippen LogP contribution in [-0.2, 0) is 13.0 Å². The van der Waals surface area contributed by atoms with E-state index >= 15 is 0 Å². The molecule has 0 saturated carbocycles. The summed E-state index contributed by atoms with van der Waals surface area (Å²) in [5.74, 6) is 0.914. The second-order valence-corrected chi connectivity index (χ2v) is 4.27. The molecule has 0 unspecified atom stereocenters. The SMILES string of the molecule is OCCCCCc1nnnn1Cc1ccccc1. The van der Waals surface area contributed by atoms with Crippen molar-refractivity contribution in [3.63, 3.8) is 0 Å². The normalized spacial score (nSPS) is 10.7. The number of benzene rings is 1. The van der Waals surface area contributed by atoms with Gasteiger partial charge in [-0.05, 0) is 28.8 Å². The zero-order chi connectivity index (χ0) is 12.6. The molecule has 0 saturated heterocycles. The van der Waals surface area contributed by atoms with Gasteiger partial charge in [-0.3, -0.25) is 0 Å². The quantitative estimate of drug-likeness (QED) is 0.751. The van der Waals surface area contributed by atoms with Crippen LogP contribution in [0.1, 0.15) is 30.7 Å². The lowest BCUT2D eigenvalue weighted by Crippen LogP contribution is -2.07. The second kappa shape index (κ2) is 6.86. The number of hydrogen-bond acceptors (Lipinski definition) is 4. The molecule has 0 spiro atoms. The molecule has 0 amide bonds.